The molecular formula is C17H23N3O2. The van der Waals surface area contributed by atoms with Crippen molar-refractivity contribution in [3.63, 3.8) is 0 Å². The van der Waals surface area contributed by atoms with Gasteiger partial charge in [0, 0.05) is 30.9 Å². The van der Waals surface area contributed by atoms with E-state index in [0.29, 0.717) is 25.3 Å². The van der Waals surface area contributed by atoms with Gasteiger partial charge in [-0.3, -0.25) is 4.90 Å². The topological polar surface area (TPSA) is 44.8 Å². The minimum Gasteiger partial charge on any atom is -0.372 e. The van der Waals surface area contributed by atoms with Crippen LogP contribution in [0.25, 0.3) is 0 Å². The van der Waals surface area contributed by atoms with Crippen LogP contribution in [0.4, 0.5) is 10.5 Å². The standard InChI is InChI=1S/C17H23N3O2/c1-19-15-4-5-16(19)9-20(7-6-15)17(21)18-14-3-2-12-10-22-11-13(12)8-14/h2-3,8,15-16H,4-7,9-11H2,1H3,(H,18,21)/t15-,16+/m0/s1. The Labute approximate surface area is 131 Å². The molecule has 0 aromatic heterocycles. The highest BCUT2D eigenvalue weighted by atomic mass is 16.5. The summed E-state index contributed by atoms with van der Waals surface area (Å²) in [5.74, 6) is 0. The van der Waals surface area contributed by atoms with E-state index in [0.717, 1.165) is 25.2 Å². The van der Waals surface area contributed by atoms with Crippen LogP contribution in [0.1, 0.15) is 30.4 Å². The molecule has 5 heteroatoms. The predicted molar refractivity (Wildman–Crippen MR) is 84.7 cm³/mol. The molecule has 4 rings (SSSR count). The number of nitrogens with zero attached hydrogens (tertiary/aromatic N) is 2. The number of nitrogens with one attached hydrogen (secondary N) is 1. The van der Waals surface area contributed by atoms with Gasteiger partial charge in [0.2, 0.25) is 0 Å². The van der Waals surface area contributed by atoms with Gasteiger partial charge in [-0.05, 0) is 49.6 Å². The highest BCUT2D eigenvalue weighted by Crippen LogP contribution is 2.29. The third-order valence-electron chi connectivity index (χ3n) is 5.41. The molecule has 5 nitrogen and oxygen atoms in total. The van der Waals surface area contributed by atoms with E-state index in [4.69, 9.17) is 4.74 Å². The molecule has 0 unspecified atom stereocenters. The number of rotatable bonds is 1. The zero-order valence-electron chi connectivity index (χ0n) is 13.0. The molecule has 2 bridgehead atoms. The third-order valence-corrected chi connectivity index (χ3v) is 5.41. The van der Waals surface area contributed by atoms with Crippen LogP contribution in [-0.4, -0.2) is 48.1 Å². The number of likely N-dealkylation sites (N-methyl/N-ethyl adjacent to an activating group) is 1. The fourth-order valence-corrected chi connectivity index (χ4v) is 3.95. The van der Waals surface area contributed by atoms with Crippen molar-refractivity contribution >= 4 is 11.7 Å². The lowest BCUT2D eigenvalue weighted by Gasteiger charge is -2.26. The number of benzene rings is 1. The van der Waals surface area contributed by atoms with E-state index in [-0.39, 0.29) is 6.03 Å². The quantitative estimate of drug-likeness (QED) is 0.866. The molecule has 1 aromatic rings. The van der Waals surface area contributed by atoms with Crippen LogP contribution < -0.4 is 5.32 Å². The zero-order chi connectivity index (χ0) is 15.1. The van der Waals surface area contributed by atoms with Crippen LogP contribution >= 0.6 is 0 Å². The molecule has 0 aliphatic carbocycles. The van der Waals surface area contributed by atoms with Gasteiger partial charge >= 0.3 is 6.03 Å². The molecule has 2 atom stereocenters. The Kier molecular flexibility index (Phi) is 3.54. The number of carbonyl (C=O) groups excluding carboxylic acids is 1. The van der Waals surface area contributed by atoms with E-state index in [1.807, 2.05) is 17.0 Å². The molecule has 1 aromatic carbocycles. The monoisotopic (exact) mass is 301 g/mol. The number of urea groups is 1. The van der Waals surface area contributed by atoms with Crippen LogP contribution in [0.2, 0.25) is 0 Å². The Morgan fingerprint density at radius 3 is 2.91 bits per heavy atom. The summed E-state index contributed by atoms with van der Waals surface area (Å²) in [5.41, 5.74) is 3.29. The molecule has 1 N–H and O–H groups in total. The number of amides is 2. The van der Waals surface area contributed by atoms with E-state index < -0.39 is 0 Å². The fraction of sp³-hybridized carbons (Fsp3) is 0.588. The molecule has 22 heavy (non-hydrogen) atoms. The Balaban J connectivity index is 1.44. The van der Waals surface area contributed by atoms with Gasteiger partial charge in [-0.1, -0.05) is 6.07 Å². The Hall–Kier alpha value is -1.59. The van der Waals surface area contributed by atoms with Crippen molar-refractivity contribution in [1.82, 2.24) is 9.80 Å². The van der Waals surface area contributed by atoms with Crippen LogP contribution in [0.5, 0.6) is 0 Å². The minimum atomic E-state index is 0.0276. The molecule has 2 fully saturated rings. The van der Waals surface area contributed by atoms with E-state index in [9.17, 15) is 4.79 Å². The van der Waals surface area contributed by atoms with E-state index in [2.05, 4.69) is 23.3 Å². The molecule has 3 aliphatic heterocycles. The fourth-order valence-electron chi connectivity index (χ4n) is 3.95. The average Bonchev–Trinajstić information content (AvgIpc) is 3.03. The lowest BCUT2D eigenvalue weighted by atomic mass is 10.1. The molecule has 118 valence electrons. The predicted octanol–water partition coefficient (Wildman–Crippen LogP) is 2.42. The zero-order valence-corrected chi connectivity index (χ0v) is 13.0. The van der Waals surface area contributed by atoms with Crippen molar-refractivity contribution in [3.05, 3.63) is 29.3 Å². The molecule has 2 saturated heterocycles. The Morgan fingerprint density at radius 1 is 1.18 bits per heavy atom. The molecular weight excluding hydrogens is 278 g/mol. The van der Waals surface area contributed by atoms with Crippen LogP contribution in [0.15, 0.2) is 18.2 Å². The smallest absolute Gasteiger partial charge is 0.321 e. The van der Waals surface area contributed by atoms with Gasteiger partial charge in [0.15, 0.2) is 0 Å². The first-order chi connectivity index (χ1) is 10.7. The van der Waals surface area contributed by atoms with Crippen molar-refractivity contribution in [2.45, 2.75) is 44.6 Å². The SMILES string of the molecule is CN1[C@H]2CC[C@@H]1CN(C(=O)Nc1ccc3c(c1)COC3)CC2. The summed E-state index contributed by atoms with van der Waals surface area (Å²) in [6.45, 7) is 3.03. The first kappa shape index (κ1) is 14.0. The van der Waals surface area contributed by atoms with E-state index in [1.54, 1.807) is 0 Å². The summed E-state index contributed by atoms with van der Waals surface area (Å²) in [7, 11) is 2.20. The molecule has 0 saturated carbocycles. The van der Waals surface area contributed by atoms with E-state index in [1.165, 1.54) is 24.0 Å². The first-order valence-corrected chi connectivity index (χ1v) is 8.18. The van der Waals surface area contributed by atoms with Crippen LogP contribution in [-0.2, 0) is 18.0 Å². The van der Waals surface area contributed by atoms with Gasteiger partial charge < -0.3 is 15.0 Å². The van der Waals surface area contributed by atoms with E-state index >= 15 is 0 Å². The van der Waals surface area contributed by atoms with Gasteiger partial charge in [0.25, 0.3) is 0 Å². The summed E-state index contributed by atoms with van der Waals surface area (Å²) in [4.78, 5) is 17.0. The lowest BCUT2D eigenvalue weighted by molar-refractivity contribution is 0.134. The number of anilines is 1. The second-order valence-electron chi connectivity index (χ2n) is 6.69. The lowest BCUT2D eigenvalue weighted by Crippen LogP contribution is -2.41. The first-order valence-electron chi connectivity index (χ1n) is 8.18. The summed E-state index contributed by atoms with van der Waals surface area (Å²) in [5, 5.41) is 3.06. The van der Waals surface area contributed by atoms with Crippen molar-refractivity contribution in [2.75, 3.05) is 25.5 Å². The normalized spacial score (nSPS) is 27.6. The number of carbonyl (C=O) groups is 1. The minimum absolute atomic E-state index is 0.0276. The van der Waals surface area contributed by atoms with Gasteiger partial charge in [-0.15, -0.1) is 0 Å². The third kappa shape index (κ3) is 2.48. The highest BCUT2D eigenvalue weighted by molar-refractivity contribution is 5.89. The molecule has 3 heterocycles. The van der Waals surface area contributed by atoms with Gasteiger partial charge in [0.1, 0.15) is 0 Å². The van der Waals surface area contributed by atoms with Crippen LogP contribution in [0, 0.1) is 0 Å². The van der Waals surface area contributed by atoms with Crippen molar-refractivity contribution in [2.24, 2.45) is 0 Å². The maximum absolute atomic E-state index is 12.6. The Bertz CT molecular complexity index is 589. The second kappa shape index (κ2) is 5.56. The maximum atomic E-state index is 12.6. The van der Waals surface area contributed by atoms with Gasteiger partial charge in [-0.2, -0.15) is 0 Å². The van der Waals surface area contributed by atoms with Crippen LogP contribution in [0.3, 0.4) is 0 Å². The molecule has 0 spiro atoms. The number of ether oxygens (including phenoxy) is 1. The van der Waals surface area contributed by atoms with Crippen molar-refractivity contribution in [3.8, 4) is 0 Å². The highest BCUT2D eigenvalue weighted by Gasteiger charge is 2.35. The van der Waals surface area contributed by atoms with Gasteiger partial charge in [0.05, 0.1) is 13.2 Å². The average molecular weight is 301 g/mol. The van der Waals surface area contributed by atoms with Crippen molar-refractivity contribution in [1.29, 1.82) is 0 Å². The number of hydrogen-bond acceptors (Lipinski definition) is 3. The summed E-state index contributed by atoms with van der Waals surface area (Å²) >= 11 is 0. The summed E-state index contributed by atoms with van der Waals surface area (Å²) in [6.07, 6.45) is 3.57. The maximum Gasteiger partial charge on any atom is 0.321 e. The number of hydrogen-bond donors (Lipinski definition) is 1. The molecule has 3 aliphatic rings. The number of likely N-dealkylation sites (tertiary alicyclic amines) is 1. The molecule has 2 amide bonds. The largest absolute Gasteiger partial charge is 0.372 e. The summed E-state index contributed by atoms with van der Waals surface area (Å²) in [6, 6.07) is 7.26. The Morgan fingerprint density at radius 2 is 2.00 bits per heavy atom. The van der Waals surface area contributed by atoms with Gasteiger partial charge in [-0.25, -0.2) is 4.79 Å². The number of fused-ring (bicyclic) bond motifs is 3. The summed E-state index contributed by atoms with van der Waals surface area (Å²) < 4.78 is 5.42. The molecule has 0 radical (unpaired) electrons. The van der Waals surface area contributed by atoms with Crippen molar-refractivity contribution < 1.29 is 9.53 Å². The second-order valence-corrected chi connectivity index (χ2v) is 6.69.